The lowest BCUT2D eigenvalue weighted by Gasteiger charge is -2.35. The van der Waals surface area contributed by atoms with Crippen molar-refractivity contribution in [1.82, 2.24) is 4.98 Å². The number of hydrogen-bond donors (Lipinski definition) is 0. The summed E-state index contributed by atoms with van der Waals surface area (Å²) in [4.78, 5) is 4.52. The summed E-state index contributed by atoms with van der Waals surface area (Å²) in [7, 11) is 0. The molecule has 0 unspecified atom stereocenters. The molecular weight excluding hydrogens is 326 g/mol. The van der Waals surface area contributed by atoms with E-state index in [4.69, 9.17) is 18.9 Å². The molecule has 128 valence electrons. The van der Waals surface area contributed by atoms with Crippen molar-refractivity contribution in [3.8, 4) is 0 Å². The van der Waals surface area contributed by atoms with Crippen LogP contribution < -0.4 is 0 Å². The lowest BCUT2D eigenvalue weighted by Crippen LogP contribution is -2.47. The Hall–Kier alpha value is -1.31. The number of aromatic nitrogens is 1. The van der Waals surface area contributed by atoms with Gasteiger partial charge >= 0.3 is 0 Å². The molecule has 2 aromatic rings. The number of fused-ring (bicyclic) bond motifs is 1. The van der Waals surface area contributed by atoms with E-state index in [0.29, 0.717) is 6.61 Å². The molecule has 3 heterocycles. The van der Waals surface area contributed by atoms with Crippen molar-refractivity contribution < 1.29 is 18.9 Å². The Morgan fingerprint density at radius 1 is 1.21 bits per heavy atom. The SMILES string of the molecule is C[C@@H]1O[C@H]2OC(C)(C)O[C@H]2[C@]1(OCc1ccccc1)c1nccs1. The zero-order valence-corrected chi connectivity index (χ0v) is 14.8. The van der Waals surface area contributed by atoms with Crippen LogP contribution in [0.25, 0.3) is 0 Å². The van der Waals surface area contributed by atoms with Gasteiger partial charge in [-0.1, -0.05) is 30.3 Å². The fraction of sp³-hybridized carbons (Fsp3) is 0.500. The molecule has 1 aromatic carbocycles. The fourth-order valence-corrected chi connectivity index (χ4v) is 4.30. The van der Waals surface area contributed by atoms with E-state index >= 15 is 0 Å². The van der Waals surface area contributed by atoms with E-state index < -0.39 is 17.7 Å². The van der Waals surface area contributed by atoms with Gasteiger partial charge in [-0.25, -0.2) is 4.98 Å². The molecule has 6 heteroatoms. The normalized spacial score (nSPS) is 34.4. The van der Waals surface area contributed by atoms with Gasteiger partial charge in [0.2, 0.25) is 0 Å². The van der Waals surface area contributed by atoms with Gasteiger partial charge < -0.3 is 18.9 Å². The van der Waals surface area contributed by atoms with Gasteiger partial charge in [0.15, 0.2) is 17.7 Å². The Bertz CT molecular complexity index is 690. The van der Waals surface area contributed by atoms with Crippen LogP contribution in [-0.2, 0) is 31.2 Å². The maximum Gasteiger partial charge on any atom is 0.191 e. The molecule has 2 aliphatic heterocycles. The van der Waals surface area contributed by atoms with Crippen molar-refractivity contribution in [3.63, 3.8) is 0 Å². The minimum atomic E-state index is -0.775. The van der Waals surface area contributed by atoms with Gasteiger partial charge in [0.05, 0.1) is 12.7 Å². The van der Waals surface area contributed by atoms with Crippen LogP contribution in [0.15, 0.2) is 41.9 Å². The summed E-state index contributed by atoms with van der Waals surface area (Å²) in [5, 5.41) is 2.81. The Labute approximate surface area is 145 Å². The van der Waals surface area contributed by atoms with Crippen molar-refractivity contribution in [2.75, 3.05) is 0 Å². The molecule has 0 N–H and O–H groups in total. The lowest BCUT2D eigenvalue weighted by atomic mass is 9.93. The molecule has 0 saturated carbocycles. The van der Waals surface area contributed by atoms with E-state index in [0.717, 1.165) is 10.6 Å². The third-order valence-corrected chi connectivity index (χ3v) is 5.42. The van der Waals surface area contributed by atoms with Crippen LogP contribution in [0.2, 0.25) is 0 Å². The standard InChI is InChI=1S/C18H21NO4S/c1-12-18(16-19-9-10-24-16,20-11-13-7-5-4-6-8-13)14-15(21-12)23-17(2,3)22-14/h4-10,12,14-15H,11H2,1-3H3/t12-,14+,15-,18-/m0/s1. The molecule has 24 heavy (non-hydrogen) atoms. The highest BCUT2D eigenvalue weighted by molar-refractivity contribution is 7.09. The molecule has 2 aliphatic rings. The van der Waals surface area contributed by atoms with Crippen molar-refractivity contribution in [2.45, 2.75) is 57.3 Å². The quantitative estimate of drug-likeness (QED) is 0.848. The largest absolute Gasteiger partial charge is 0.357 e. The Morgan fingerprint density at radius 2 is 2.00 bits per heavy atom. The highest BCUT2D eigenvalue weighted by Gasteiger charge is 2.65. The first-order valence-corrected chi connectivity index (χ1v) is 8.98. The van der Waals surface area contributed by atoms with Gasteiger partial charge in [0, 0.05) is 11.6 Å². The van der Waals surface area contributed by atoms with Gasteiger partial charge in [-0.05, 0) is 26.3 Å². The zero-order valence-electron chi connectivity index (χ0n) is 14.0. The fourth-order valence-electron chi connectivity index (χ4n) is 3.40. The second-order valence-corrected chi connectivity index (χ2v) is 7.50. The number of nitrogens with zero attached hydrogens (tertiary/aromatic N) is 1. The summed E-state index contributed by atoms with van der Waals surface area (Å²) in [6.07, 6.45) is 0.764. The highest BCUT2D eigenvalue weighted by atomic mass is 32.1. The van der Waals surface area contributed by atoms with Crippen molar-refractivity contribution in [3.05, 3.63) is 52.5 Å². The van der Waals surface area contributed by atoms with E-state index in [1.165, 1.54) is 0 Å². The monoisotopic (exact) mass is 347 g/mol. The van der Waals surface area contributed by atoms with E-state index in [2.05, 4.69) is 4.98 Å². The molecular formula is C18H21NO4S. The van der Waals surface area contributed by atoms with Crippen molar-refractivity contribution in [2.24, 2.45) is 0 Å². The molecule has 1 aromatic heterocycles. The summed E-state index contributed by atoms with van der Waals surface area (Å²) in [5.74, 6) is -0.700. The van der Waals surface area contributed by atoms with Gasteiger partial charge in [-0.15, -0.1) is 11.3 Å². The van der Waals surface area contributed by atoms with Crippen LogP contribution >= 0.6 is 11.3 Å². The molecule has 2 saturated heterocycles. The van der Waals surface area contributed by atoms with E-state index in [1.54, 1.807) is 17.5 Å². The molecule has 5 nitrogen and oxygen atoms in total. The van der Waals surface area contributed by atoms with E-state index in [-0.39, 0.29) is 12.2 Å². The third kappa shape index (κ3) is 2.59. The molecule has 0 amide bonds. The van der Waals surface area contributed by atoms with Crippen LogP contribution in [0.4, 0.5) is 0 Å². The smallest absolute Gasteiger partial charge is 0.191 e. The average Bonchev–Trinajstić information content (AvgIpc) is 3.22. The van der Waals surface area contributed by atoms with E-state index in [9.17, 15) is 0 Å². The maximum atomic E-state index is 6.46. The number of ether oxygens (including phenoxy) is 4. The summed E-state index contributed by atoms with van der Waals surface area (Å²) in [5.41, 5.74) is 0.324. The number of thiazole rings is 1. The first-order chi connectivity index (χ1) is 11.5. The summed E-state index contributed by atoms with van der Waals surface area (Å²) >= 11 is 1.56. The van der Waals surface area contributed by atoms with Gasteiger partial charge in [0.25, 0.3) is 0 Å². The van der Waals surface area contributed by atoms with Gasteiger partial charge in [-0.3, -0.25) is 0 Å². The highest BCUT2D eigenvalue weighted by Crippen LogP contribution is 2.51. The molecule has 2 fully saturated rings. The number of benzene rings is 1. The van der Waals surface area contributed by atoms with Crippen molar-refractivity contribution >= 4 is 11.3 Å². The summed E-state index contributed by atoms with van der Waals surface area (Å²) < 4.78 is 24.6. The summed E-state index contributed by atoms with van der Waals surface area (Å²) in [6.45, 7) is 6.23. The molecule has 4 rings (SSSR count). The first kappa shape index (κ1) is 16.2. The molecule has 4 atom stereocenters. The number of rotatable bonds is 4. The van der Waals surface area contributed by atoms with Crippen LogP contribution in [-0.4, -0.2) is 29.3 Å². The maximum absolute atomic E-state index is 6.46. The predicted molar refractivity (Wildman–Crippen MR) is 89.4 cm³/mol. The second-order valence-electron chi connectivity index (χ2n) is 6.61. The van der Waals surface area contributed by atoms with Crippen molar-refractivity contribution in [1.29, 1.82) is 0 Å². The Kier molecular flexibility index (Phi) is 3.97. The Morgan fingerprint density at radius 3 is 2.71 bits per heavy atom. The second kappa shape index (κ2) is 5.89. The van der Waals surface area contributed by atoms with Crippen LogP contribution in [0, 0.1) is 0 Å². The van der Waals surface area contributed by atoms with Crippen LogP contribution in [0.3, 0.4) is 0 Å². The molecule has 0 radical (unpaired) electrons. The molecule has 0 spiro atoms. The lowest BCUT2D eigenvalue weighted by molar-refractivity contribution is -0.239. The minimum Gasteiger partial charge on any atom is -0.357 e. The predicted octanol–water partition coefficient (Wildman–Crippen LogP) is 3.45. The van der Waals surface area contributed by atoms with Gasteiger partial charge in [-0.2, -0.15) is 0 Å². The zero-order chi connectivity index (χ0) is 16.8. The Balaban J connectivity index is 1.69. The first-order valence-electron chi connectivity index (χ1n) is 8.10. The van der Waals surface area contributed by atoms with Gasteiger partial charge in [0.1, 0.15) is 11.1 Å². The average molecular weight is 347 g/mol. The molecule has 0 aliphatic carbocycles. The van der Waals surface area contributed by atoms with E-state index in [1.807, 2.05) is 56.5 Å². The molecule has 0 bridgehead atoms. The topological polar surface area (TPSA) is 49.8 Å². The summed E-state index contributed by atoms with van der Waals surface area (Å²) in [6, 6.07) is 10.1. The third-order valence-electron chi connectivity index (χ3n) is 4.51. The van der Waals surface area contributed by atoms with Crippen LogP contribution in [0.5, 0.6) is 0 Å². The minimum absolute atomic E-state index is 0.224. The number of hydrogen-bond acceptors (Lipinski definition) is 6. The van der Waals surface area contributed by atoms with Crippen LogP contribution in [0.1, 0.15) is 31.3 Å².